The molecule has 1 heterocycles. The van der Waals surface area contributed by atoms with Crippen LogP contribution in [-0.4, -0.2) is 14.9 Å². The van der Waals surface area contributed by atoms with Crippen LogP contribution in [0.1, 0.15) is 37.9 Å². The van der Waals surface area contributed by atoms with E-state index in [1.807, 2.05) is 0 Å². The highest BCUT2D eigenvalue weighted by atomic mass is 35.5. The monoisotopic (exact) mass is 276 g/mol. The summed E-state index contributed by atoms with van der Waals surface area (Å²) >= 11 is 6.37. The first-order valence-corrected chi connectivity index (χ1v) is 7.72. The minimum atomic E-state index is 0.363. The number of hydrogen-bond acceptors (Lipinski definition) is 1. The molecule has 3 rings (SSSR count). The zero-order valence-corrected chi connectivity index (χ0v) is 12.2. The van der Waals surface area contributed by atoms with Crippen LogP contribution in [0, 0.1) is 5.92 Å². The molecule has 0 aliphatic heterocycles. The molecule has 19 heavy (non-hydrogen) atoms. The van der Waals surface area contributed by atoms with E-state index in [1.54, 1.807) is 0 Å². The van der Waals surface area contributed by atoms with Gasteiger partial charge in [0.2, 0.25) is 0 Å². The van der Waals surface area contributed by atoms with Crippen LogP contribution in [0.5, 0.6) is 0 Å². The number of benzene rings is 1. The zero-order valence-electron chi connectivity index (χ0n) is 11.5. The molecule has 1 aliphatic rings. The number of alkyl halides is 1. The second kappa shape index (κ2) is 5.54. The summed E-state index contributed by atoms with van der Waals surface area (Å²) in [5.41, 5.74) is 2.34. The topological polar surface area (TPSA) is 17.8 Å². The molecule has 0 bridgehead atoms. The van der Waals surface area contributed by atoms with Gasteiger partial charge in [-0.3, -0.25) is 0 Å². The summed E-state index contributed by atoms with van der Waals surface area (Å²) in [6.07, 6.45) is 7.29. The van der Waals surface area contributed by atoms with Crippen LogP contribution in [0.15, 0.2) is 24.3 Å². The van der Waals surface area contributed by atoms with Gasteiger partial charge in [0.1, 0.15) is 5.82 Å². The Bertz CT molecular complexity index is 561. The lowest BCUT2D eigenvalue weighted by atomic mass is 9.96. The van der Waals surface area contributed by atoms with Crippen molar-refractivity contribution in [3.8, 4) is 0 Å². The van der Waals surface area contributed by atoms with Crippen molar-refractivity contribution in [2.24, 2.45) is 13.0 Å². The average molecular weight is 277 g/mol. The third-order valence-electron chi connectivity index (χ3n) is 4.32. The van der Waals surface area contributed by atoms with Crippen molar-refractivity contribution in [1.82, 2.24) is 9.55 Å². The van der Waals surface area contributed by atoms with Crippen molar-refractivity contribution in [2.45, 2.75) is 43.9 Å². The molecule has 2 nitrogen and oxygen atoms in total. The maximum Gasteiger partial charge on any atom is 0.109 e. The number of rotatable bonds is 2. The minimum absolute atomic E-state index is 0.363. The van der Waals surface area contributed by atoms with Gasteiger partial charge in [0.05, 0.1) is 11.0 Å². The Morgan fingerprint density at radius 1 is 1.26 bits per heavy atom. The molecule has 2 unspecified atom stereocenters. The average Bonchev–Trinajstić information content (AvgIpc) is 2.58. The molecule has 1 aromatic carbocycles. The maximum absolute atomic E-state index is 6.37. The Labute approximate surface area is 119 Å². The lowest BCUT2D eigenvalue weighted by molar-refractivity contribution is 0.446. The van der Waals surface area contributed by atoms with Gasteiger partial charge in [-0.1, -0.05) is 25.0 Å². The Morgan fingerprint density at radius 2 is 2.05 bits per heavy atom. The first kappa shape index (κ1) is 13.0. The SMILES string of the molecule is Cn1c(CC2CCCCC(Cl)C2)nc2ccccc21. The molecule has 0 N–H and O–H groups in total. The highest BCUT2D eigenvalue weighted by molar-refractivity contribution is 6.20. The van der Waals surface area contributed by atoms with Crippen LogP contribution >= 0.6 is 11.6 Å². The first-order chi connectivity index (χ1) is 9.24. The van der Waals surface area contributed by atoms with Crippen molar-refractivity contribution in [3.63, 3.8) is 0 Å². The lowest BCUT2D eigenvalue weighted by Gasteiger charge is -2.15. The van der Waals surface area contributed by atoms with E-state index in [9.17, 15) is 0 Å². The molecule has 0 spiro atoms. The minimum Gasteiger partial charge on any atom is -0.331 e. The summed E-state index contributed by atoms with van der Waals surface area (Å²) in [5.74, 6) is 1.90. The van der Waals surface area contributed by atoms with E-state index in [2.05, 4.69) is 35.9 Å². The third kappa shape index (κ3) is 2.79. The predicted octanol–water partition coefficient (Wildman–Crippen LogP) is 4.30. The second-order valence-corrected chi connectivity index (χ2v) is 6.38. The van der Waals surface area contributed by atoms with E-state index in [4.69, 9.17) is 16.6 Å². The number of para-hydroxylation sites is 2. The van der Waals surface area contributed by atoms with Gasteiger partial charge in [-0.25, -0.2) is 4.98 Å². The van der Waals surface area contributed by atoms with E-state index in [0.717, 1.165) is 18.4 Å². The number of hydrogen-bond donors (Lipinski definition) is 0. The highest BCUT2D eigenvalue weighted by Crippen LogP contribution is 2.29. The quantitative estimate of drug-likeness (QED) is 0.591. The Kier molecular flexibility index (Phi) is 3.79. The smallest absolute Gasteiger partial charge is 0.109 e. The van der Waals surface area contributed by atoms with Crippen molar-refractivity contribution >= 4 is 22.6 Å². The van der Waals surface area contributed by atoms with Gasteiger partial charge in [0, 0.05) is 18.8 Å². The van der Waals surface area contributed by atoms with E-state index in [-0.39, 0.29) is 0 Å². The lowest BCUT2D eigenvalue weighted by Crippen LogP contribution is -2.11. The maximum atomic E-state index is 6.37. The van der Waals surface area contributed by atoms with Gasteiger partial charge in [0.15, 0.2) is 0 Å². The van der Waals surface area contributed by atoms with Crippen LogP contribution < -0.4 is 0 Å². The number of nitrogens with zero attached hydrogens (tertiary/aromatic N) is 2. The Balaban J connectivity index is 1.82. The molecule has 1 aromatic heterocycles. The highest BCUT2D eigenvalue weighted by Gasteiger charge is 2.20. The normalized spacial score (nSPS) is 24.5. The van der Waals surface area contributed by atoms with Crippen LogP contribution in [0.2, 0.25) is 0 Å². The number of imidazole rings is 1. The van der Waals surface area contributed by atoms with E-state index in [1.165, 1.54) is 37.0 Å². The molecule has 0 saturated heterocycles. The molecule has 1 aliphatic carbocycles. The zero-order chi connectivity index (χ0) is 13.2. The molecular weight excluding hydrogens is 256 g/mol. The summed E-state index contributed by atoms with van der Waals surface area (Å²) in [6.45, 7) is 0. The summed E-state index contributed by atoms with van der Waals surface area (Å²) < 4.78 is 2.24. The first-order valence-electron chi connectivity index (χ1n) is 7.28. The van der Waals surface area contributed by atoms with Crippen LogP contribution in [0.4, 0.5) is 0 Å². The number of fused-ring (bicyclic) bond motifs is 1. The molecule has 0 radical (unpaired) electrons. The molecule has 1 fully saturated rings. The van der Waals surface area contributed by atoms with Gasteiger partial charge >= 0.3 is 0 Å². The molecule has 1 saturated carbocycles. The number of aromatic nitrogens is 2. The largest absolute Gasteiger partial charge is 0.331 e. The second-order valence-electron chi connectivity index (χ2n) is 5.76. The van der Waals surface area contributed by atoms with Gasteiger partial charge in [-0.15, -0.1) is 11.6 Å². The molecule has 102 valence electrons. The van der Waals surface area contributed by atoms with Gasteiger partial charge in [-0.2, -0.15) is 0 Å². The molecule has 2 atom stereocenters. The number of aryl methyl sites for hydroxylation is 1. The summed E-state index contributed by atoms with van der Waals surface area (Å²) in [6, 6.07) is 8.37. The fourth-order valence-corrected chi connectivity index (χ4v) is 3.62. The van der Waals surface area contributed by atoms with Crippen LogP contribution in [-0.2, 0) is 13.5 Å². The van der Waals surface area contributed by atoms with Crippen molar-refractivity contribution < 1.29 is 0 Å². The van der Waals surface area contributed by atoms with Crippen LogP contribution in [0.3, 0.4) is 0 Å². The van der Waals surface area contributed by atoms with Gasteiger partial charge in [0.25, 0.3) is 0 Å². The van der Waals surface area contributed by atoms with Crippen molar-refractivity contribution in [3.05, 3.63) is 30.1 Å². The van der Waals surface area contributed by atoms with E-state index >= 15 is 0 Å². The molecule has 3 heteroatoms. The molecule has 2 aromatic rings. The molecule has 0 amide bonds. The predicted molar refractivity (Wildman–Crippen MR) is 80.6 cm³/mol. The summed E-state index contributed by atoms with van der Waals surface area (Å²) in [5, 5.41) is 0.363. The molecular formula is C16H21ClN2. The van der Waals surface area contributed by atoms with Crippen molar-refractivity contribution in [1.29, 1.82) is 0 Å². The summed E-state index contributed by atoms with van der Waals surface area (Å²) in [7, 11) is 2.12. The van der Waals surface area contributed by atoms with Gasteiger partial charge < -0.3 is 4.57 Å². The Morgan fingerprint density at radius 3 is 2.89 bits per heavy atom. The fraction of sp³-hybridized carbons (Fsp3) is 0.562. The van der Waals surface area contributed by atoms with Crippen LogP contribution in [0.25, 0.3) is 11.0 Å². The van der Waals surface area contributed by atoms with Crippen molar-refractivity contribution in [2.75, 3.05) is 0 Å². The van der Waals surface area contributed by atoms with Gasteiger partial charge in [-0.05, 0) is 37.3 Å². The Hall–Kier alpha value is -1.02. The fourth-order valence-electron chi connectivity index (χ4n) is 3.22. The summed E-state index contributed by atoms with van der Waals surface area (Å²) in [4.78, 5) is 4.78. The van der Waals surface area contributed by atoms with E-state index < -0.39 is 0 Å². The third-order valence-corrected chi connectivity index (χ3v) is 4.72. The standard InChI is InChI=1S/C16H21ClN2/c1-19-15-9-5-4-8-14(15)18-16(19)11-12-6-2-3-7-13(17)10-12/h4-5,8-9,12-13H,2-3,6-7,10-11H2,1H3. The van der Waals surface area contributed by atoms with E-state index in [0.29, 0.717) is 11.3 Å². The number of halogens is 1.